The minimum absolute atomic E-state index is 0.144. The van der Waals surface area contributed by atoms with Crippen LogP contribution in [0.15, 0.2) is 36.0 Å². The van der Waals surface area contributed by atoms with E-state index in [0.29, 0.717) is 5.69 Å². The number of unbranched alkanes of at least 4 members (excludes halogenated alkanes) is 1. The van der Waals surface area contributed by atoms with Crippen molar-refractivity contribution in [3.05, 3.63) is 41.6 Å². The Morgan fingerprint density at radius 1 is 1.32 bits per heavy atom. The number of amides is 1. The summed E-state index contributed by atoms with van der Waals surface area (Å²) in [4.78, 5) is 14.3. The second-order valence-corrected chi connectivity index (χ2v) is 5.37. The van der Waals surface area contributed by atoms with Gasteiger partial charge in [0.1, 0.15) is 11.6 Å². The maximum atomic E-state index is 12.2. The van der Waals surface area contributed by atoms with Gasteiger partial charge in [-0.1, -0.05) is 32.4 Å². The molecular formula is C18H25N3O. The molecule has 0 aliphatic heterocycles. The normalized spacial score (nSPS) is 10.9. The standard InChI is InChI=1S/C18H25N3O/c1-4-6-11-21(10-5-2)14-16(13-19)18(22)20-17-9-7-8-15(3)12-17/h7-9,12,14H,4-6,10-11H2,1-3H3,(H,20,22)/b16-14-. The van der Waals surface area contributed by atoms with E-state index in [1.165, 1.54) is 0 Å². The number of rotatable bonds is 8. The molecule has 0 aliphatic carbocycles. The summed E-state index contributed by atoms with van der Waals surface area (Å²) >= 11 is 0. The average molecular weight is 299 g/mol. The first-order chi connectivity index (χ1) is 10.6. The quantitative estimate of drug-likeness (QED) is 0.586. The lowest BCUT2D eigenvalue weighted by Gasteiger charge is -2.19. The van der Waals surface area contributed by atoms with Crippen molar-refractivity contribution in [3.63, 3.8) is 0 Å². The summed E-state index contributed by atoms with van der Waals surface area (Å²) in [5.74, 6) is -0.356. The zero-order chi connectivity index (χ0) is 16.4. The van der Waals surface area contributed by atoms with Gasteiger partial charge in [0.15, 0.2) is 0 Å². The largest absolute Gasteiger partial charge is 0.376 e. The number of aryl methyl sites for hydroxylation is 1. The molecule has 1 rings (SSSR count). The second kappa shape index (κ2) is 9.62. The molecule has 0 bridgehead atoms. The van der Waals surface area contributed by atoms with Gasteiger partial charge in [-0.15, -0.1) is 0 Å². The molecule has 0 heterocycles. The number of nitrogens with zero attached hydrogens (tertiary/aromatic N) is 2. The number of nitriles is 1. The van der Waals surface area contributed by atoms with Gasteiger partial charge in [0.05, 0.1) is 0 Å². The zero-order valence-corrected chi connectivity index (χ0v) is 13.7. The summed E-state index contributed by atoms with van der Waals surface area (Å²) in [5.41, 5.74) is 1.92. The summed E-state index contributed by atoms with van der Waals surface area (Å²) in [6.07, 6.45) is 4.81. The number of carbonyl (C=O) groups is 1. The Bertz CT molecular complexity index is 558. The van der Waals surface area contributed by atoms with Crippen molar-refractivity contribution in [2.24, 2.45) is 0 Å². The molecule has 4 heteroatoms. The minimum Gasteiger partial charge on any atom is -0.376 e. The highest BCUT2D eigenvalue weighted by Crippen LogP contribution is 2.11. The monoisotopic (exact) mass is 299 g/mol. The molecule has 1 amide bonds. The van der Waals surface area contributed by atoms with E-state index in [1.807, 2.05) is 37.3 Å². The fraction of sp³-hybridized carbons (Fsp3) is 0.444. The van der Waals surface area contributed by atoms with Crippen LogP contribution in [-0.4, -0.2) is 23.9 Å². The van der Waals surface area contributed by atoms with Gasteiger partial charge in [0.2, 0.25) is 0 Å². The zero-order valence-electron chi connectivity index (χ0n) is 13.7. The van der Waals surface area contributed by atoms with Crippen LogP contribution in [0.1, 0.15) is 38.7 Å². The topological polar surface area (TPSA) is 56.1 Å². The fourth-order valence-corrected chi connectivity index (χ4v) is 2.13. The molecule has 1 aromatic carbocycles. The predicted octanol–water partition coefficient (Wildman–Crippen LogP) is 3.85. The predicted molar refractivity (Wildman–Crippen MR) is 90.3 cm³/mol. The highest BCUT2D eigenvalue weighted by molar-refractivity contribution is 6.06. The van der Waals surface area contributed by atoms with E-state index in [4.69, 9.17) is 0 Å². The van der Waals surface area contributed by atoms with Gasteiger partial charge in [-0.2, -0.15) is 5.26 Å². The molecule has 22 heavy (non-hydrogen) atoms. The van der Waals surface area contributed by atoms with Crippen molar-refractivity contribution in [3.8, 4) is 6.07 Å². The highest BCUT2D eigenvalue weighted by Gasteiger charge is 2.11. The van der Waals surface area contributed by atoms with E-state index in [2.05, 4.69) is 24.1 Å². The summed E-state index contributed by atoms with van der Waals surface area (Å²) in [6, 6.07) is 9.56. The lowest BCUT2D eigenvalue weighted by molar-refractivity contribution is -0.112. The maximum absolute atomic E-state index is 12.2. The van der Waals surface area contributed by atoms with Crippen LogP contribution >= 0.6 is 0 Å². The molecule has 0 radical (unpaired) electrons. The molecule has 0 unspecified atom stereocenters. The minimum atomic E-state index is -0.356. The van der Waals surface area contributed by atoms with E-state index >= 15 is 0 Å². The van der Waals surface area contributed by atoms with Gasteiger partial charge in [-0.05, 0) is 37.5 Å². The lowest BCUT2D eigenvalue weighted by Crippen LogP contribution is -2.23. The Labute approximate surface area is 133 Å². The van der Waals surface area contributed by atoms with Crippen LogP contribution in [0.2, 0.25) is 0 Å². The molecule has 1 N–H and O–H groups in total. The maximum Gasteiger partial charge on any atom is 0.267 e. The molecular weight excluding hydrogens is 274 g/mol. The van der Waals surface area contributed by atoms with Crippen LogP contribution in [0.5, 0.6) is 0 Å². The summed E-state index contributed by atoms with van der Waals surface area (Å²) in [6.45, 7) is 7.90. The Morgan fingerprint density at radius 2 is 2.09 bits per heavy atom. The van der Waals surface area contributed by atoms with Crippen molar-refractivity contribution in [1.29, 1.82) is 5.26 Å². The van der Waals surface area contributed by atoms with Crippen LogP contribution in [0.4, 0.5) is 5.69 Å². The molecule has 0 saturated heterocycles. The van der Waals surface area contributed by atoms with E-state index in [1.54, 1.807) is 6.20 Å². The molecule has 4 nitrogen and oxygen atoms in total. The van der Waals surface area contributed by atoms with E-state index in [-0.39, 0.29) is 11.5 Å². The van der Waals surface area contributed by atoms with E-state index in [0.717, 1.165) is 37.9 Å². The molecule has 0 saturated carbocycles. The number of hydrogen-bond donors (Lipinski definition) is 1. The second-order valence-electron chi connectivity index (χ2n) is 5.37. The van der Waals surface area contributed by atoms with Crippen molar-refractivity contribution in [2.45, 2.75) is 40.0 Å². The summed E-state index contributed by atoms with van der Waals surface area (Å²) < 4.78 is 0. The van der Waals surface area contributed by atoms with Crippen molar-refractivity contribution in [1.82, 2.24) is 4.90 Å². The van der Waals surface area contributed by atoms with E-state index in [9.17, 15) is 10.1 Å². The van der Waals surface area contributed by atoms with Crippen LogP contribution in [-0.2, 0) is 4.79 Å². The fourth-order valence-electron chi connectivity index (χ4n) is 2.13. The van der Waals surface area contributed by atoms with Gasteiger partial charge < -0.3 is 10.2 Å². The van der Waals surface area contributed by atoms with Gasteiger partial charge in [-0.3, -0.25) is 4.79 Å². The number of benzene rings is 1. The summed E-state index contributed by atoms with van der Waals surface area (Å²) in [7, 11) is 0. The first kappa shape index (κ1) is 17.8. The Balaban J connectivity index is 2.81. The Kier molecular flexibility index (Phi) is 7.77. The SMILES string of the molecule is CCCCN(/C=C(/C#N)C(=O)Nc1cccc(C)c1)CCC. The van der Waals surface area contributed by atoms with Crippen molar-refractivity contribution < 1.29 is 4.79 Å². The third kappa shape index (κ3) is 6.01. The van der Waals surface area contributed by atoms with Crippen LogP contribution in [0, 0.1) is 18.3 Å². The van der Waals surface area contributed by atoms with Crippen molar-refractivity contribution >= 4 is 11.6 Å². The van der Waals surface area contributed by atoms with Gasteiger partial charge in [0, 0.05) is 25.0 Å². The Morgan fingerprint density at radius 3 is 2.68 bits per heavy atom. The first-order valence-corrected chi connectivity index (χ1v) is 7.84. The molecule has 118 valence electrons. The number of nitrogens with one attached hydrogen (secondary N) is 1. The Hall–Kier alpha value is -2.28. The number of hydrogen-bond acceptors (Lipinski definition) is 3. The van der Waals surface area contributed by atoms with E-state index < -0.39 is 0 Å². The van der Waals surface area contributed by atoms with Crippen LogP contribution in [0.3, 0.4) is 0 Å². The number of carbonyl (C=O) groups excluding carboxylic acids is 1. The molecule has 1 aromatic rings. The summed E-state index contributed by atoms with van der Waals surface area (Å²) in [5, 5.41) is 12.0. The van der Waals surface area contributed by atoms with Crippen LogP contribution in [0.25, 0.3) is 0 Å². The van der Waals surface area contributed by atoms with Gasteiger partial charge in [0.25, 0.3) is 5.91 Å². The van der Waals surface area contributed by atoms with Crippen LogP contribution < -0.4 is 5.32 Å². The average Bonchev–Trinajstić information content (AvgIpc) is 2.49. The third-order valence-electron chi connectivity index (χ3n) is 3.26. The van der Waals surface area contributed by atoms with Gasteiger partial charge in [-0.25, -0.2) is 0 Å². The smallest absolute Gasteiger partial charge is 0.267 e. The van der Waals surface area contributed by atoms with Crippen molar-refractivity contribution in [2.75, 3.05) is 18.4 Å². The first-order valence-electron chi connectivity index (χ1n) is 7.84. The lowest BCUT2D eigenvalue weighted by atomic mass is 10.2. The molecule has 0 spiro atoms. The molecule has 0 atom stereocenters. The molecule has 0 fully saturated rings. The molecule has 0 aromatic heterocycles. The van der Waals surface area contributed by atoms with Gasteiger partial charge >= 0.3 is 0 Å². The third-order valence-corrected chi connectivity index (χ3v) is 3.26. The molecule has 0 aliphatic rings. The number of anilines is 1. The highest BCUT2D eigenvalue weighted by atomic mass is 16.1.